The summed E-state index contributed by atoms with van der Waals surface area (Å²) in [6.45, 7) is 7.14. The first kappa shape index (κ1) is 14.9. The molecule has 0 aliphatic heterocycles. The molecule has 2 rings (SSSR count). The van der Waals surface area contributed by atoms with Crippen molar-refractivity contribution in [1.82, 2.24) is 19.7 Å². The third kappa shape index (κ3) is 2.99. The van der Waals surface area contributed by atoms with E-state index in [0.29, 0.717) is 12.4 Å². The number of aromatic nitrogens is 4. The average molecular weight is 340 g/mol. The molecule has 0 aliphatic rings. The second-order valence-corrected chi connectivity index (χ2v) is 5.18. The molecule has 0 saturated heterocycles. The van der Waals surface area contributed by atoms with Crippen molar-refractivity contribution in [3.63, 3.8) is 0 Å². The van der Waals surface area contributed by atoms with Crippen molar-refractivity contribution in [3.8, 4) is 5.82 Å². The van der Waals surface area contributed by atoms with E-state index < -0.39 is 0 Å². The molecule has 0 bridgehead atoms. The van der Waals surface area contributed by atoms with E-state index >= 15 is 0 Å². The highest BCUT2D eigenvalue weighted by Crippen LogP contribution is 2.23. The first-order chi connectivity index (χ1) is 9.56. The molecule has 0 amide bonds. The minimum atomic E-state index is 0.368. The summed E-state index contributed by atoms with van der Waals surface area (Å²) in [5.74, 6) is 2.13. The molecule has 2 aromatic heterocycles. The smallest absolute Gasteiger partial charge is 0.159 e. The van der Waals surface area contributed by atoms with Crippen LogP contribution in [0.4, 0.5) is 5.82 Å². The number of halogens is 1. The number of anilines is 1. The molecule has 108 valence electrons. The zero-order chi connectivity index (χ0) is 14.7. The van der Waals surface area contributed by atoms with Crippen molar-refractivity contribution in [3.05, 3.63) is 27.8 Å². The summed E-state index contributed by atoms with van der Waals surface area (Å²) < 4.78 is 7.92. The van der Waals surface area contributed by atoms with Crippen molar-refractivity contribution < 1.29 is 4.74 Å². The van der Waals surface area contributed by atoms with Gasteiger partial charge in [-0.05, 0) is 36.7 Å². The molecule has 0 aromatic carbocycles. The van der Waals surface area contributed by atoms with Crippen LogP contribution >= 0.6 is 15.9 Å². The van der Waals surface area contributed by atoms with Gasteiger partial charge >= 0.3 is 0 Å². The Morgan fingerprint density at radius 3 is 2.65 bits per heavy atom. The maximum absolute atomic E-state index is 5.12. The van der Waals surface area contributed by atoms with Crippen molar-refractivity contribution in [2.75, 3.05) is 19.0 Å². The second-order valence-electron chi connectivity index (χ2n) is 4.39. The standard InChI is InChI=1S/C13H18BrN5O/c1-5-15-10-6-12(17-11(16-10)7-20-4)19-9(3)13(14)8(2)18-19/h6H,5,7H2,1-4H3,(H,15,16,17). The van der Waals surface area contributed by atoms with Crippen LogP contribution < -0.4 is 5.32 Å². The van der Waals surface area contributed by atoms with Gasteiger partial charge in [0.1, 0.15) is 12.4 Å². The number of rotatable bonds is 5. The SMILES string of the molecule is CCNc1cc(-n2nc(C)c(Br)c2C)nc(COC)n1. The third-order valence-corrected chi connectivity index (χ3v) is 3.96. The summed E-state index contributed by atoms with van der Waals surface area (Å²) >= 11 is 3.53. The predicted octanol–water partition coefficient (Wildman–Crippen LogP) is 2.62. The molecule has 0 radical (unpaired) electrons. The molecule has 6 nitrogen and oxygen atoms in total. The Labute approximate surface area is 126 Å². The van der Waals surface area contributed by atoms with Crippen LogP contribution in [0, 0.1) is 13.8 Å². The van der Waals surface area contributed by atoms with Gasteiger partial charge < -0.3 is 10.1 Å². The van der Waals surface area contributed by atoms with Gasteiger partial charge in [0.2, 0.25) is 0 Å². The third-order valence-electron chi connectivity index (χ3n) is 2.81. The molecule has 0 unspecified atom stereocenters. The lowest BCUT2D eigenvalue weighted by molar-refractivity contribution is 0.178. The van der Waals surface area contributed by atoms with Gasteiger partial charge in [0, 0.05) is 19.7 Å². The summed E-state index contributed by atoms with van der Waals surface area (Å²) in [4.78, 5) is 8.89. The Kier molecular flexibility index (Phi) is 4.72. The maximum atomic E-state index is 5.12. The van der Waals surface area contributed by atoms with Crippen LogP contribution in [0.5, 0.6) is 0 Å². The predicted molar refractivity (Wildman–Crippen MR) is 81.2 cm³/mol. The maximum Gasteiger partial charge on any atom is 0.159 e. The summed E-state index contributed by atoms with van der Waals surface area (Å²) in [6.07, 6.45) is 0. The van der Waals surface area contributed by atoms with Crippen LogP contribution in [0.1, 0.15) is 24.1 Å². The van der Waals surface area contributed by atoms with Crippen molar-refractivity contribution in [2.45, 2.75) is 27.4 Å². The highest BCUT2D eigenvalue weighted by molar-refractivity contribution is 9.10. The molecule has 0 saturated carbocycles. The molecule has 1 N–H and O–H groups in total. The van der Waals surface area contributed by atoms with Crippen LogP contribution in [0.15, 0.2) is 10.5 Å². The van der Waals surface area contributed by atoms with E-state index in [-0.39, 0.29) is 0 Å². The first-order valence-electron chi connectivity index (χ1n) is 6.39. The van der Waals surface area contributed by atoms with Gasteiger partial charge in [0.05, 0.1) is 15.9 Å². The van der Waals surface area contributed by atoms with E-state index in [0.717, 1.165) is 34.0 Å². The quantitative estimate of drug-likeness (QED) is 0.906. The Morgan fingerprint density at radius 1 is 1.35 bits per heavy atom. The highest BCUT2D eigenvalue weighted by Gasteiger charge is 2.13. The van der Waals surface area contributed by atoms with Crippen LogP contribution in [-0.4, -0.2) is 33.4 Å². The monoisotopic (exact) mass is 339 g/mol. The number of nitrogens with one attached hydrogen (secondary N) is 1. The Balaban J connectivity index is 2.51. The van der Waals surface area contributed by atoms with Crippen LogP contribution in [0.25, 0.3) is 5.82 Å². The molecule has 20 heavy (non-hydrogen) atoms. The van der Waals surface area contributed by atoms with Crippen LogP contribution in [-0.2, 0) is 11.3 Å². The minimum absolute atomic E-state index is 0.368. The largest absolute Gasteiger partial charge is 0.377 e. The fraction of sp³-hybridized carbons (Fsp3) is 0.462. The number of hydrogen-bond donors (Lipinski definition) is 1. The van der Waals surface area contributed by atoms with Gasteiger partial charge in [0.15, 0.2) is 11.6 Å². The number of nitrogens with zero attached hydrogens (tertiary/aromatic N) is 4. The molecule has 0 atom stereocenters. The van der Waals surface area contributed by atoms with Gasteiger partial charge in [-0.1, -0.05) is 0 Å². The lowest BCUT2D eigenvalue weighted by atomic mass is 10.4. The Morgan fingerprint density at radius 2 is 2.10 bits per heavy atom. The van der Waals surface area contributed by atoms with E-state index in [2.05, 4.69) is 36.3 Å². The molecule has 2 heterocycles. The van der Waals surface area contributed by atoms with E-state index in [9.17, 15) is 0 Å². The summed E-state index contributed by atoms with van der Waals surface area (Å²) in [6, 6.07) is 1.88. The average Bonchev–Trinajstić information content (AvgIpc) is 2.67. The molecule has 0 aliphatic carbocycles. The van der Waals surface area contributed by atoms with E-state index in [1.54, 1.807) is 11.8 Å². The van der Waals surface area contributed by atoms with Gasteiger partial charge in [-0.25, -0.2) is 14.6 Å². The van der Waals surface area contributed by atoms with Gasteiger partial charge in [0.25, 0.3) is 0 Å². The Bertz CT molecular complexity index is 587. The molecule has 0 fully saturated rings. The van der Waals surface area contributed by atoms with Crippen molar-refractivity contribution >= 4 is 21.7 Å². The molecular weight excluding hydrogens is 322 g/mol. The summed E-state index contributed by atoms with van der Waals surface area (Å²) in [5, 5.41) is 7.69. The van der Waals surface area contributed by atoms with Gasteiger partial charge in [-0.3, -0.25) is 0 Å². The van der Waals surface area contributed by atoms with E-state index in [1.807, 2.05) is 26.8 Å². The van der Waals surface area contributed by atoms with Crippen LogP contribution in [0.2, 0.25) is 0 Å². The van der Waals surface area contributed by atoms with E-state index in [1.165, 1.54) is 0 Å². The van der Waals surface area contributed by atoms with Crippen LogP contribution in [0.3, 0.4) is 0 Å². The molecule has 2 aromatic rings. The summed E-state index contributed by atoms with van der Waals surface area (Å²) in [5.41, 5.74) is 1.94. The second kappa shape index (κ2) is 6.32. The number of hydrogen-bond acceptors (Lipinski definition) is 5. The van der Waals surface area contributed by atoms with Crippen molar-refractivity contribution in [2.24, 2.45) is 0 Å². The zero-order valence-corrected chi connectivity index (χ0v) is 13.7. The number of methoxy groups -OCH3 is 1. The molecule has 7 heteroatoms. The zero-order valence-electron chi connectivity index (χ0n) is 12.1. The highest BCUT2D eigenvalue weighted by atomic mass is 79.9. The molecular formula is C13H18BrN5O. The van der Waals surface area contributed by atoms with Crippen molar-refractivity contribution in [1.29, 1.82) is 0 Å². The van der Waals surface area contributed by atoms with Gasteiger partial charge in [-0.2, -0.15) is 5.10 Å². The lowest BCUT2D eigenvalue weighted by Gasteiger charge is -2.09. The summed E-state index contributed by atoms with van der Waals surface area (Å²) in [7, 11) is 1.63. The topological polar surface area (TPSA) is 64.9 Å². The number of aryl methyl sites for hydroxylation is 1. The fourth-order valence-corrected chi connectivity index (χ4v) is 2.15. The Hall–Kier alpha value is -1.47. The fourth-order valence-electron chi connectivity index (χ4n) is 1.90. The first-order valence-corrected chi connectivity index (χ1v) is 7.19. The molecule has 0 spiro atoms. The van der Waals surface area contributed by atoms with E-state index in [4.69, 9.17) is 4.74 Å². The van der Waals surface area contributed by atoms with Gasteiger partial charge in [-0.15, -0.1) is 0 Å². The normalized spacial score (nSPS) is 10.8. The minimum Gasteiger partial charge on any atom is -0.377 e. The lowest BCUT2D eigenvalue weighted by Crippen LogP contribution is -2.10. The number of ether oxygens (including phenoxy) is 1.